The van der Waals surface area contributed by atoms with E-state index in [-0.39, 0.29) is 4.75 Å². The average molecular weight is 439 g/mol. The van der Waals surface area contributed by atoms with Crippen molar-refractivity contribution >= 4 is 34.7 Å². The second-order valence-corrected chi connectivity index (χ2v) is 9.25. The first-order valence-corrected chi connectivity index (χ1v) is 11.8. The van der Waals surface area contributed by atoms with E-state index in [1.807, 2.05) is 36.9 Å². The lowest BCUT2D eigenvalue weighted by molar-refractivity contribution is -0.136. The van der Waals surface area contributed by atoms with Crippen LogP contribution in [-0.2, 0) is 9.54 Å². The Balaban J connectivity index is 1.78. The van der Waals surface area contributed by atoms with Crippen LogP contribution in [0.4, 0.5) is 0 Å². The molecule has 0 fully saturated rings. The molecule has 1 atom stereocenters. The summed E-state index contributed by atoms with van der Waals surface area (Å²) in [6.45, 7) is 3.06. The Kier molecular flexibility index (Phi) is 8.22. The molecule has 2 aromatic rings. The molecule has 0 saturated heterocycles. The molecule has 1 heterocycles. The third-order valence-electron chi connectivity index (χ3n) is 4.68. The van der Waals surface area contributed by atoms with E-state index in [0.29, 0.717) is 13.1 Å². The average Bonchev–Trinajstić information content (AvgIpc) is 3.26. The van der Waals surface area contributed by atoms with Gasteiger partial charge >= 0.3 is 5.97 Å². The molecule has 0 aromatic heterocycles. The molecule has 1 aliphatic rings. The van der Waals surface area contributed by atoms with Crippen molar-refractivity contribution in [1.82, 2.24) is 5.32 Å². The van der Waals surface area contributed by atoms with Gasteiger partial charge < -0.3 is 10.4 Å². The second-order valence-electron chi connectivity index (χ2n) is 6.72. The normalized spacial score (nSPS) is 16.8. The van der Waals surface area contributed by atoms with Gasteiger partial charge in [0.25, 0.3) is 0 Å². The number of amidine groups is 1. The van der Waals surface area contributed by atoms with Crippen LogP contribution in [0.3, 0.4) is 0 Å². The van der Waals surface area contributed by atoms with E-state index in [1.165, 1.54) is 22.9 Å². The van der Waals surface area contributed by atoms with Crippen LogP contribution in [0.5, 0.6) is 0 Å². The minimum Gasteiger partial charge on any atom is -0.480 e. The number of carbonyl (C=O) groups is 1. The van der Waals surface area contributed by atoms with Crippen molar-refractivity contribution in [3.8, 4) is 0 Å². The molecular weight excluding hydrogens is 412 g/mol. The molecule has 2 N–H and O–H groups in total. The number of hydrogen-bond acceptors (Lipinski definition) is 5. The molecule has 2 aromatic carbocycles. The Morgan fingerprint density at radius 2 is 1.80 bits per heavy atom. The van der Waals surface area contributed by atoms with Crippen molar-refractivity contribution in [3.05, 3.63) is 96.1 Å². The number of carboxylic acids is 1. The SMILES string of the molecule is C/C=C\C=C\C(SCCNC1=NCC(C(=O)O)S1)(c1ccccc1)c1ccccc1. The molecule has 4 nitrogen and oxygen atoms in total. The molecule has 6 heteroatoms. The number of benzene rings is 2. The molecule has 0 bridgehead atoms. The topological polar surface area (TPSA) is 61.7 Å². The minimum absolute atomic E-state index is 0.321. The molecule has 0 amide bonds. The van der Waals surface area contributed by atoms with Crippen LogP contribution >= 0.6 is 23.5 Å². The van der Waals surface area contributed by atoms with Crippen molar-refractivity contribution in [1.29, 1.82) is 0 Å². The fourth-order valence-electron chi connectivity index (χ4n) is 3.22. The van der Waals surface area contributed by atoms with Crippen molar-refractivity contribution in [2.75, 3.05) is 18.8 Å². The van der Waals surface area contributed by atoms with Crippen LogP contribution in [0.1, 0.15) is 18.1 Å². The summed E-state index contributed by atoms with van der Waals surface area (Å²) in [5.41, 5.74) is 2.45. The second kappa shape index (κ2) is 11.1. The summed E-state index contributed by atoms with van der Waals surface area (Å²) in [5, 5.41) is 12.7. The smallest absolute Gasteiger partial charge is 0.319 e. The summed E-state index contributed by atoms with van der Waals surface area (Å²) in [4.78, 5) is 15.4. The number of rotatable bonds is 9. The molecule has 1 unspecified atom stereocenters. The molecule has 0 spiro atoms. The van der Waals surface area contributed by atoms with Gasteiger partial charge in [-0.15, -0.1) is 11.8 Å². The number of nitrogens with zero attached hydrogens (tertiary/aromatic N) is 1. The Bertz CT molecular complexity index is 872. The van der Waals surface area contributed by atoms with E-state index in [0.717, 1.165) is 10.9 Å². The van der Waals surface area contributed by atoms with Crippen molar-refractivity contribution in [2.45, 2.75) is 16.9 Å². The molecule has 3 rings (SSSR count). The summed E-state index contributed by atoms with van der Waals surface area (Å²) in [6, 6.07) is 21.0. The highest BCUT2D eigenvalue weighted by molar-refractivity contribution is 8.15. The highest BCUT2D eigenvalue weighted by atomic mass is 32.2. The van der Waals surface area contributed by atoms with Gasteiger partial charge in [-0.05, 0) is 18.1 Å². The number of hydrogen-bond donors (Lipinski definition) is 2. The van der Waals surface area contributed by atoms with E-state index in [1.54, 1.807) is 0 Å². The van der Waals surface area contributed by atoms with Gasteiger partial charge in [0, 0.05) is 12.3 Å². The van der Waals surface area contributed by atoms with Gasteiger partial charge in [-0.25, -0.2) is 0 Å². The molecule has 0 aliphatic carbocycles. The van der Waals surface area contributed by atoms with Gasteiger partial charge in [0.2, 0.25) is 0 Å². The van der Waals surface area contributed by atoms with Gasteiger partial charge in [0.05, 0.1) is 11.3 Å². The third kappa shape index (κ3) is 5.58. The van der Waals surface area contributed by atoms with Crippen LogP contribution in [0.2, 0.25) is 0 Å². The highest BCUT2D eigenvalue weighted by Crippen LogP contribution is 2.44. The first-order valence-electron chi connectivity index (χ1n) is 9.89. The van der Waals surface area contributed by atoms with Gasteiger partial charge in [-0.2, -0.15) is 0 Å². The van der Waals surface area contributed by atoms with Crippen LogP contribution in [0.15, 0.2) is 90.0 Å². The number of aliphatic carboxylic acids is 1. The number of thioether (sulfide) groups is 2. The Morgan fingerprint density at radius 1 is 1.17 bits per heavy atom. The number of allylic oxidation sites excluding steroid dienone is 3. The molecule has 0 radical (unpaired) electrons. The lowest BCUT2D eigenvalue weighted by Crippen LogP contribution is -2.27. The van der Waals surface area contributed by atoms with Gasteiger partial charge in [-0.3, -0.25) is 9.79 Å². The van der Waals surface area contributed by atoms with Crippen LogP contribution in [0.25, 0.3) is 0 Å². The molecular formula is C24H26N2O2S2. The minimum atomic E-state index is -0.809. The summed E-state index contributed by atoms with van der Waals surface area (Å²) in [6.07, 6.45) is 8.44. The standard InChI is InChI=1S/C24H26N2O2S2/c1-2-3-10-15-24(19-11-6-4-7-12-19,20-13-8-5-9-14-20)29-17-16-25-23-26-18-21(30-23)22(27)28/h2-15,21H,16-18H2,1H3,(H,25,26)(H,27,28)/b3-2-,15-10+. The zero-order valence-corrected chi connectivity index (χ0v) is 18.5. The van der Waals surface area contributed by atoms with Crippen LogP contribution < -0.4 is 5.32 Å². The first-order chi connectivity index (χ1) is 14.7. The number of carboxylic acid groups (broad SMARTS) is 1. The predicted octanol–water partition coefficient (Wildman–Crippen LogP) is 4.94. The maximum absolute atomic E-state index is 11.1. The molecule has 1 aliphatic heterocycles. The zero-order chi connectivity index (χ0) is 21.2. The van der Waals surface area contributed by atoms with Crippen molar-refractivity contribution in [3.63, 3.8) is 0 Å². The predicted molar refractivity (Wildman–Crippen MR) is 129 cm³/mol. The zero-order valence-electron chi connectivity index (χ0n) is 16.9. The van der Waals surface area contributed by atoms with Crippen molar-refractivity contribution < 1.29 is 9.90 Å². The third-order valence-corrected chi connectivity index (χ3v) is 7.28. The fraction of sp³-hybridized carbons (Fsp3) is 0.250. The monoisotopic (exact) mass is 438 g/mol. The largest absolute Gasteiger partial charge is 0.480 e. The van der Waals surface area contributed by atoms with E-state index < -0.39 is 11.2 Å². The molecule has 30 heavy (non-hydrogen) atoms. The molecule has 0 saturated carbocycles. The van der Waals surface area contributed by atoms with Gasteiger partial charge in [-0.1, -0.05) is 96.7 Å². The Hall–Kier alpha value is -2.44. The summed E-state index contributed by atoms with van der Waals surface area (Å²) in [5.74, 6) is 0.0255. The van der Waals surface area contributed by atoms with Crippen molar-refractivity contribution in [2.24, 2.45) is 4.99 Å². The maximum Gasteiger partial charge on any atom is 0.319 e. The van der Waals surface area contributed by atoms with E-state index in [4.69, 9.17) is 5.11 Å². The lowest BCUT2D eigenvalue weighted by atomic mass is 9.89. The summed E-state index contributed by atoms with van der Waals surface area (Å²) >= 11 is 3.15. The summed E-state index contributed by atoms with van der Waals surface area (Å²) in [7, 11) is 0. The number of aliphatic imine (C=N–C) groups is 1. The first kappa shape index (κ1) is 22.2. The van der Waals surface area contributed by atoms with Gasteiger partial charge in [0.1, 0.15) is 5.25 Å². The number of nitrogens with one attached hydrogen (secondary N) is 1. The summed E-state index contributed by atoms with van der Waals surface area (Å²) < 4.78 is -0.321. The maximum atomic E-state index is 11.1. The van der Waals surface area contributed by atoms with E-state index in [2.05, 4.69) is 77.1 Å². The quantitative estimate of drug-likeness (QED) is 0.429. The Morgan fingerprint density at radius 3 is 2.33 bits per heavy atom. The highest BCUT2D eigenvalue weighted by Gasteiger charge is 2.32. The van der Waals surface area contributed by atoms with Crippen LogP contribution in [0, 0.1) is 0 Å². The van der Waals surface area contributed by atoms with E-state index in [9.17, 15) is 4.79 Å². The Labute approximate surface area is 186 Å². The van der Waals surface area contributed by atoms with E-state index >= 15 is 0 Å². The molecule has 156 valence electrons. The fourth-order valence-corrected chi connectivity index (χ4v) is 5.38. The van der Waals surface area contributed by atoms with Gasteiger partial charge in [0.15, 0.2) is 5.17 Å². The van der Waals surface area contributed by atoms with Crippen LogP contribution in [-0.4, -0.2) is 40.3 Å². The lowest BCUT2D eigenvalue weighted by Gasteiger charge is -2.32.